The van der Waals surface area contributed by atoms with E-state index in [1.165, 1.54) is 0 Å². The number of hydrogen-bond donors (Lipinski definition) is 2. The fourth-order valence-electron chi connectivity index (χ4n) is 3.29. The van der Waals surface area contributed by atoms with Gasteiger partial charge in [-0.3, -0.25) is 9.59 Å². The first-order valence-electron chi connectivity index (χ1n) is 9.03. The van der Waals surface area contributed by atoms with Crippen molar-refractivity contribution in [3.05, 3.63) is 0 Å². The lowest BCUT2D eigenvalue weighted by molar-refractivity contribution is -0.127. The molecule has 1 aliphatic rings. The van der Waals surface area contributed by atoms with Gasteiger partial charge in [-0.15, -0.1) is 24.0 Å². The number of carbonyl (C=O) groups excluding carboxylic acids is 2. The SMILES string of the molecule is CC1CN(C(=NCC(=O)NC(C)C)NCC(=O)N(C)C)CC(C)(C)C1.I. The van der Waals surface area contributed by atoms with Gasteiger partial charge in [-0.1, -0.05) is 20.8 Å². The maximum Gasteiger partial charge on any atom is 0.242 e. The molecule has 0 aromatic rings. The largest absolute Gasteiger partial charge is 0.352 e. The summed E-state index contributed by atoms with van der Waals surface area (Å²) in [5.74, 6) is 1.03. The van der Waals surface area contributed by atoms with Gasteiger partial charge in [-0.25, -0.2) is 4.99 Å². The van der Waals surface area contributed by atoms with Crippen LogP contribution in [0.25, 0.3) is 0 Å². The molecule has 1 saturated heterocycles. The number of likely N-dealkylation sites (tertiary alicyclic amines) is 1. The number of carbonyl (C=O) groups is 2. The third-order valence-corrected chi connectivity index (χ3v) is 4.07. The summed E-state index contributed by atoms with van der Waals surface area (Å²) in [6, 6.07) is 0.0865. The van der Waals surface area contributed by atoms with Crippen LogP contribution < -0.4 is 10.6 Å². The molecule has 8 heteroatoms. The number of likely N-dealkylation sites (N-methyl/N-ethyl adjacent to an activating group) is 1. The summed E-state index contributed by atoms with van der Waals surface area (Å²) in [4.78, 5) is 32.0. The molecule has 26 heavy (non-hydrogen) atoms. The summed E-state index contributed by atoms with van der Waals surface area (Å²) in [5, 5.41) is 5.98. The molecule has 2 amide bonds. The molecule has 0 saturated carbocycles. The number of piperidine rings is 1. The van der Waals surface area contributed by atoms with Gasteiger partial charge in [0.2, 0.25) is 11.8 Å². The first kappa shape index (κ1) is 24.9. The molecule has 0 aromatic carbocycles. The minimum atomic E-state index is -0.113. The summed E-state index contributed by atoms with van der Waals surface area (Å²) in [7, 11) is 3.45. The molecule has 0 bridgehead atoms. The van der Waals surface area contributed by atoms with Crippen molar-refractivity contribution in [2.75, 3.05) is 40.3 Å². The maximum atomic E-state index is 11.9. The monoisotopic (exact) mass is 481 g/mol. The Hall–Kier alpha value is -1.06. The number of nitrogens with zero attached hydrogens (tertiary/aromatic N) is 3. The van der Waals surface area contributed by atoms with Crippen LogP contribution in [0.1, 0.15) is 41.0 Å². The lowest BCUT2D eigenvalue weighted by atomic mass is 9.79. The van der Waals surface area contributed by atoms with Crippen LogP contribution in [-0.2, 0) is 9.59 Å². The van der Waals surface area contributed by atoms with Crippen molar-refractivity contribution in [1.29, 1.82) is 0 Å². The summed E-state index contributed by atoms with van der Waals surface area (Å²) in [6.45, 7) is 12.5. The van der Waals surface area contributed by atoms with Crippen LogP contribution in [0.2, 0.25) is 0 Å². The molecule has 0 aliphatic carbocycles. The lowest BCUT2D eigenvalue weighted by Gasteiger charge is -2.43. The van der Waals surface area contributed by atoms with Gasteiger partial charge in [-0.05, 0) is 31.6 Å². The van der Waals surface area contributed by atoms with E-state index in [-0.39, 0.29) is 60.3 Å². The zero-order chi connectivity index (χ0) is 19.2. The summed E-state index contributed by atoms with van der Waals surface area (Å²) < 4.78 is 0. The highest BCUT2D eigenvalue weighted by atomic mass is 127. The van der Waals surface area contributed by atoms with Crippen LogP contribution in [0, 0.1) is 11.3 Å². The van der Waals surface area contributed by atoms with Gasteiger partial charge >= 0.3 is 0 Å². The van der Waals surface area contributed by atoms with Crippen LogP contribution in [0.3, 0.4) is 0 Å². The molecular formula is C18H36IN5O2. The Morgan fingerprint density at radius 1 is 1.31 bits per heavy atom. The van der Waals surface area contributed by atoms with E-state index in [0.717, 1.165) is 19.5 Å². The average molecular weight is 481 g/mol. The Morgan fingerprint density at radius 2 is 1.92 bits per heavy atom. The van der Waals surface area contributed by atoms with Gasteiger partial charge in [-0.2, -0.15) is 0 Å². The van der Waals surface area contributed by atoms with Gasteiger partial charge < -0.3 is 20.4 Å². The quantitative estimate of drug-likeness (QED) is 0.355. The fraction of sp³-hybridized carbons (Fsp3) is 0.833. The van der Waals surface area contributed by atoms with Crippen LogP contribution in [0.4, 0.5) is 0 Å². The van der Waals surface area contributed by atoms with Crippen molar-refractivity contribution in [2.24, 2.45) is 16.3 Å². The summed E-state index contributed by atoms with van der Waals surface area (Å²) in [6.07, 6.45) is 1.15. The Morgan fingerprint density at radius 3 is 2.42 bits per heavy atom. The van der Waals surface area contributed by atoms with E-state index in [1.54, 1.807) is 19.0 Å². The highest BCUT2D eigenvalue weighted by Crippen LogP contribution is 2.31. The molecule has 2 N–H and O–H groups in total. The van der Waals surface area contributed by atoms with Gasteiger partial charge in [0.05, 0.1) is 6.54 Å². The molecule has 1 atom stereocenters. The second kappa shape index (κ2) is 10.9. The smallest absolute Gasteiger partial charge is 0.242 e. The van der Waals surface area contributed by atoms with Crippen LogP contribution in [0.5, 0.6) is 0 Å². The number of rotatable bonds is 5. The predicted octanol–water partition coefficient (Wildman–Crippen LogP) is 1.53. The van der Waals surface area contributed by atoms with Crippen molar-refractivity contribution in [1.82, 2.24) is 20.4 Å². The van der Waals surface area contributed by atoms with Gasteiger partial charge in [0.1, 0.15) is 6.54 Å². The topological polar surface area (TPSA) is 77.0 Å². The molecule has 0 radical (unpaired) electrons. The van der Waals surface area contributed by atoms with E-state index in [0.29, 0.717) is 11.9 Å². The molecule has 7 nitrogen and oxygen atoms in total. The second-order valence-electron chi connectivity index (χ2n) is 8.36. The van der Waals surface area contributed by atoms with Crippen molar-refractivity contribution >= 4 is 41.8 Å². The average Bonchev–Trinajstić information content (AvgIpc) is 2.43. The number of halogens is 1. The molecule has 0 spiro atoms. The van der Waals surface area contributed by atoms with Crippen molar-refractivity contribution in [2.45, 2.75) is 47.1 Å². The standard InChI is InChI=1S/C18H35N5O2.HI/c1-13(2)21-15(24)9-19-17(20-10-16(25)22(6)7)23-11-14(3)8-18(4,5)12-23;/h13-14H,8-12H2,1-7H3,(H,19,20)(H,21,24);1H. The molecule has 152 valence electrons. The number of guanidine groups is 1. The third-order valence-electron chi connectivity index (χ3n) is 4.07. The molecule has 1 aliphatic heterocycles. The number of aliphatic imine (C=N–C) groups is 1. The number of nitrogens with one attached hydrogen (secondary N) is 2. The zero-order valence-electron chi connectivity index (χ0n) is 17.3. The van der Waals surface area contributed by atoms with E-state index in [4.69, 9.17) is 0 Å². The van der Waals surface area contributed by atoms with Crippen LogP contribution in [0.15, 0.2) is 4.99 Å². The second-order valence-corrected chi connectivity index (χ2v) is 8.36. The first-order chi connectivity index (χ1) is 11.5. The normalized spacial score (nSPS) is 19.6. The van der Waals surface area contributed by atoms with Crippen LogP contribution >= 0.6 is 24.0 Å². The van der Waals surface area contributed by atoms with Gasteiger partial charge in [0.25, 0.3) is 0 Å². The predicted molar refractivity (Wildman–Crippen MR) is 117 cm³/mol. The Balaban J connectivity index is 0.00000625. The van der Waals surface area contributed by atoms with E-state index < -0.39 is 0 Å². The highest BCUT2D eigenvalue weighted by molar-refractivity contribution is 14.0. The van der Waals surface area contributed by atoms with E-state index in [2.05, 4.69) is 41.3 Å². The first-order valence-corrected chi connectivity index (χ1v) is 9.03. The Kier molecular flexibility index (Phi) is 10.5. The van der Waals surface area contributed by atoms with E-state index in [1.807, 2.05) is 13.8 Å². The zero-order valence-corrected chi connectivity index (χ0v) is 19.6. The van der Waals surface area contributed by atoms with Crippen LogP contribution in [-0.4, -0.2) is 73.9 Å². The van der Waals surface area contributed by atoms with E-state index >= 15 is 0 Å². The van der Waals surface area contributed by atoms with Crippen molar-refractivity contribution in [3.8, 4) is 0 Å². The van der Waals surface area contributed by atoms with Crippen molar-refractivity contribution in [3.63, 3.8) is 0 Å². The molecular weight excluding hydrogens is 445 g/mol. The van der Waals surface area contributed by atoms with Gasteiger partial charge in [0, 0.05) is 33.2 Å². The molecule has 1 fully saturated rings. The molecule has 1 heterocycles. The highest BCUT2D eigenvalue weighted by Gasteiger charge is 2.32. The minimum absolute atomic E-state index is 0. The Labute approximate surface area is 175 Å². The van der Waals surface area contributed by atoms with Gasteiger partial charge in [0.15, 0.2) is 5.96 Å². The summed E-state index contributed by atoms with van der Waals surface area (Å²) >= 11 is 0. The molecule has 1 unspecified atom stereocenters. The lowest BCUT2D eigenvalue weighted by Crippen LogP contribution is -2.53. The minimum Gasteiger partial charge on any atom is -0.352 e. The molecule has 0 aromatic heterocycles. The Bertz CT molecular complexity index is 506. The number of hydrogen-bond acceptors (Lipinski definition) is 3. The molecule has 1 rings (SSSR count). The summed E-state index contributed by atoms with van der Waals surface area (Å²) in [5.41, 5.74) is 0.172. The van der Waals surface area contributed by atoms with E-state index in [9.17, 15) is 9.59 Å². The fourth-order valence-corrected chi connectivity index (χ4v) is 3.29. The number of amides is 2. The third kappa shape index (κ3) is 9.05. The maximum absolute atomic E-state index is 11.9. The van der Waals surface area contributed by atoms with Crippen molar-refractivity contribution < 1.29 is 9.59 Å².